The Morgan fingerprint density at radius 3 is 1.79 bits per heavy atom. The normalized spacial score (nSPS) is 15.3. The average molecular weight is 407 g/mol. The molecular formula is C19H25N3O7. The van der Waals surface area contributed by atoms with Crippen LogP contribution in [0.15, 0.2) is 25.3 Å². The Bertz CT molecular complexity index is 674. The highest BCUT2D eigenvalue weighted by atomic mass is 16.6. The third-order valence-corrected chi connectivity index (χ3v) is 4.15. The second-order valence-electron chi connectivity index (χ2n) is 6.24. The number of rotatable bonds is 7. The molecule has 2 saturated heterocycles. The zero-order valence-corrected chi connectivity index (χ0v) is 16.4. The minimum atomic E-state index is -0.429. The molecule has 0 aromatic carbocycles. The lowest BCUT2D eigenvalue weighted by atomic mass is 9.96. The van der Waals surface area contributed by atoms with E-state index in [4.69, 9.17) is 16.0 Å². The van der Waals surface area contributed by atoms with E-state index in [-0.39, 0.29) is 43.3 Å². The first kappa shape index (κ1) is 23.7. The van der Waals surface area contributed by atoms with E-state index in [1.54, 1.807) is 0 Å². The maximum Gasteiger partial charge on any atom is 0.410 e. The summed E-state index contributed by atoms with van der Waals surface area (Å²) in [5.74, 6) is -0.762. The van der Waals surface area contributed by atoms with Crippen LogP contribution < -0.4 is 0 Å². The van der Waals surface area contributed by atoms with Gasteiger partial charge in [0.15, 0.2) is 0 Å². The molecule has 0 saturated carbocycles. The Morgan fingerprint density at radius 2 is 1.41 bits per heavy atom. The summed E-state index contributed by atoms with van der Waals surface area (Å²) >= 11 is 0. The number of hydrogen-bond acceptors (Lipinski definition) is 7. The fourth-order valence-corrected chi connectivity index (χ4v) is 2.42. The molecule has 0 bridgehead atoms. The molecule has 2 amide bonds. The molecule has 0 radical (unpaired) electrons. The monoisotopic (exact) mass is 407 g/mol. The maximum absolute atomic E-state index is 11.2. The summed E-state index contributed by atoms with van der Waals surface area (Å²) in [7, 11) is 1.33. The third-order valence-electron chi connectivity index (χ3n) is 4.15. The molecule has 0 N–H and O–H groups in total. The fraction of sp³-hybridized carbons (Fsp3) is 0.526. The van der Waals surface area contributed by atoms with E-state index in [1.165, 1.54) is 29.1 Å². The number of Topliss-reactive ketones (excluding diaryl/α,β-unsaturated/α-hetero) is 1. The van der Waals surface area contributed by atoms with Crippen molar-refractivity contribution in [3.63, 3.8) is 0 Å². The molecule has 2 fully saturated rings. The molecular weight excluding hydrogens is 382 g/mol. The number of methoxy groups -OCH3 is 1. The van der Waals surface area contributed by atoms with Gasteiger partial charge in [0, 0.05) is 26.2 Å². The van der Waals surface area contributed by atoms with Gasteiger partial charge in [0.1, 0.15) is 13.2 Å². The predicted molar refractivity (Wildman–Crippen MR) is 102 cm³/mol. The van der Waals surface area contributed by atoms with Gasteiger partial charge in [-0.25, -0.2) is 16.2 Å². The van der Waals surface area contributed by atoms with E-state index >= 15 is 0 Å². The van der Waals surface area contributed by atoms with Crippen LogP contribution in [0.5, 0.6) is 0 Å². The number of likely N-dealkylation sites (tertiary alicyclic amines) is 2. The zero-order valence-electron chi connectivity index (χ0n) is 16.4. The number of carbonyl (C=O) groups is 4. The number of nitrogens with zero attached hydrogens (tertiary/aromatic N) is 3. The summed E-state index contributed by atoms with van der Waals surface area (Å²) < 4.78 is 14.1. The summed E-state index contributed by atoms with van der Waals surface area (Å²) in [6.07, 6.45) is 2.14. The van der Waals surface area contributed by atoms with Crippen LogP contribution in [-0.2, 0) is 23.8 Å². The van der Waals surface area contributed by atoms with Crippen molar-refractivity contribution in [2.24, 2.45) is 11.8 Å². The summed E-state index contributed by atoms with van der Waals surface area (Å²) in [4.78, 5) is 50.4. The number of carbonyl (C=O) groups excluding carboxylic acids is 4. The lowest BCUT2D eigenvalue weighted by Gasteiger charge is -2.36. The Kier molecular flexibility index (Phi) is 9.95. The van der Waals surface area contributed by atoms with Crippen molar-refractivity contribution >= 4 is 23.9 Å². The van der Waals surface area contributed by atoms with E-state index in [0.717, 1.165) is 0 Å². The lowest BCUT2D eigenvalue weighted by molar-refractivity contribution is -0.150. The highest BCUT2D eigenvalue weighted by Gasteiger charge is 2.38. The van der Waals surface area contributed by atoms with Gasteiger partial charge in [-0.15, -0.1) is 0 Å². The van der Waals surface area contributed by atoms with E-state index in [9.17, 15) is 19.2 Å². The number of hydrogen-bond donors (Lipinski definition) is 0. The van der Waals surface area contributed by atoms with Crippen molar-refractivity contribution in [1.82, 2.24) is 9.80 Å². The zero-order chi connectivity index (χ0) is 21.8. The molecule has 0 unspecified atom stereocenters. The minimum absolute atomic E-state index is 0.0970. The molecule has 158 valence electrons. The van der Waals surface area contributed by atoms with Gasteiger partial charge in [0.25, 0.3) is 6.54 Å². The first-order valence-electron chi connectivity index (χ1n) is 8.86. The van der Waals surface area contributed by atoms with Crippen LogP contribution in [0.4, 0.5) is 9.59 Å². The standard InChI is InChI=1S/C10H12N2O3.C9H13NO4/c1-3-4-15-10(14)12-6-8(7-12)9(13)5-11-2;1-3-4-14-9(12)10-5-7(6-10)8(11)13-2/h3,8H,1,4-7H2;3,7H,1,4-6H2,2H3. The third kappa shape index (κ3) is 7.29. The minimum Gasteiger partial charge on any atom is -0.469 e. The van der Waals surface area contributed by atoms with Gasteiger partial charge in [0.2, 0.25) is 5.78 Å². The van der Waals surface area contributed by atoms with Crippen LogP contribution in [0.1, 0.15) is 0 Å². The maximum atomic E-state index is 11.2. The van der Waals surface area contributed by atoms with E-state index in [2.05, 4.69) is 22.7 Å². The molecule has 2 aliphatic rings. The van der Waals surface area contributed by atoms with Gasteiger partial charge in [-0.1, -0.05) is 25.3 Å². The molecule has 2 rings (SSSR count). The van der Waals surface area contributed by atoms with E-state index < -0.39 is 12.2 Å². The SMILES string of the molecule is C=CCOC(=O)N1CC(C(=O)OC)C1.[C-]#[N+]CC(=O)C1CN(C(=O)OCC=C)C1. The Labute approximate surface area is 169 Å². The van der Waals surface area contributed by atoms with Crippen molar-refractivity contribution in [2.75, 3.05) is 53.0 Å². The molecule has 2 aliphatic heterocycles. The van der Waals surface area contributed by atoms with Crippen LogP contribution in [0.25, 0.3) is 4.85 Å². The number of ether oxygens (including phenoxy) is 3. The van der Waals surface area contributed by atoms with Crippen molar-refractivity contribution in [2.45, 2.75) is 0 Å². The van der Waals surface area contributed by atoms with E-state index in [0.29, 0.717) is 26.2 Å². The second-order valence-corrected chi connectivity index (χ2v) is 6.24. The highest BCUT2D eigenvalue weighted by molar-refractivity contribution is 5.87. The van der Waals surface area contributed by atoms with Crippen molar-refractivity contribution < 1.29 is 33.4 Å². The van der Waals surface area contributed by atoms with Gasteiger partial charge >= 0.3 is 18.2 Å². The largest absolute Gasteiger partial charge is 0.469 e. The van der Waals surface area contributed by atoms with Crippen molar-refractivity contribution in [3.05, 3.63) is 36.7 Å². The summed E-state index contributed by atoms with van der Waals surface area (Å²) in [6.45, 7) is 15.1. The summed E-state index contributed by atoms with van der Waals surface area (Å²) in [5, 5.41) is 0. The van der Waals surface area contributed by atoms with Crippen LogP contribution in [0, 0.1) is 18.4 Å². The quantitative estimate of drug-likeness (QED) is 0.270. The first-order valence-corrected chi connectivity index (χ1v) is 8.86. The highest BCUT2D eigenvalue weighted by Crippen LogP contribution is 2.18. The first-order chi connectivity index (χ1) is 13.9. The van der Waals surface area contributed by atoms with Crippen LogP contribution in [0.3, 0.4) is 0 Å². The van der Waals surface area contributed by atoms with Crippen LogP contribution >= 0.6 is 0 Å². The lowest BCUT2D eigenvalue weighted by Crippen LogP contribution is -2.53. The fourth-order valence-electron chi connectivity index (χ4n) is 2.42. The Hall–Kier alpha value is -3.35. The smallest absolute Gasteiger partial charge is 0.410 e. The number of amides is 2. The Morgan fingerprint density at radius 1 is 0.966 bits per heavy atom. The Balaban J connectivity index is 0.000000291. The summed E-state index contributed by atoms with van der Waals surface area (Å²) in [6, 6.07) is 0. The molecule has 10 nitrogen and oxygen atoms in total. The predicted octanol–water partition coefficient (Wildman–Crippen LogP) is 1.14. The van der Waals surface area contributed by atoms with Gasteiger partial charge < -0.3 is 28.9 Å². The number of ketones is 1. The van der Waals surface area contributed by atoms with Crippen LogP contribution in [-0.4, -0.2) is 86.8 Å². The van der Waals surface area contributed by atoms with Crippen molar-refractivity contribution in [3.8, 4) is 0 Å². The molecule has 0 aromatic rings. The number of esters is 1. The van der Waals surface area contributed by atoms with E-state index in [1.807, 2.05) is 0 Å². The molecule has 0 aromatic heterocycles. The molecule has 10 heteroatoms. The molecule has 2 heterocycles. The van der Waals surface area contributed by atoms with Gasteiger partial charge in [0.05, 0.1) is 18.9 Å². The topological polar surface area (TPSA) is 107 Å². The molecule has 0 spiro atoms. The van der Waals surface area contributed by atoms with Gasteiger partial charge in [-0.05, 0) is 0 Å². The summed E-state index contributed by atoms with van der Waals surface area (Å²) in [5.41, 5.74) is 0. The van der Waals surface area contributed by atoms with Gasteiger partial charge in [-0.2, -0.15) is 0 Å². The van der Waals surface area contributed by atoms with Crippen molar-refractivity contribution in [1.29, 1.82) is 0 Å². The van der Waals surface area contributed by atoms with Gasteiger partial charge in [-0.3, -0.25) is 9.59 Å². The van der Waals surface area contributed by atoms with Crippen LogP contribution in [0.2, 0.25) is 0 Å². The molecule has 0 atom stereocenters. The molecule has 0 aliphatic carbocycles. The molecule has 29 heavy (non-hydrogen) atoms. The average Bonchev–Trinajstić information content (AvgIpc) is 2.62. The second kappa shape index (κ2) is 12.2.